The lowest BCUT2D eigenvalue weighted by atomic mass is 10.1. The first-order valence-corrected chi connectivity index (χ1v) is 4.97. The van der Waals surface area contributed by atoms with E-state index < -0.39 is 0 Å². The molecule has 0 aliphatic heterocycles. The number of aromatic nitrogens is 2. The van der Waals surface area contributed by atoms with Crippen LogP contribution in [-0.2, 0) is 17.8 Å². The molecular weight excluding hydrogens is 178 g/mol. The van der Waals surface area contributed by atoms with E-state index in [1.165, 1.54) is 0 Å². The van der Waals surface area contributed by atoms with Crippen LogP contribution in [0.3, 0.4) is 0 Å². The van der Waals surface area contributed by atoms with Crippen molar-refractivity contribution in [2.24, 2.45) is 5.73 Å². The zero-order valence-corrected chi connectivity index (χ0v) is 8.73. The highest BCUT2D eigenvalue weighted by Gasteiger charge is 2.12. The molecule has 1 aromatic heterocycles. The molecule has 1 aromatic rings. The number of nitrogens with zero attached hydrogens (tertiary/aromatic N) is 2. The summed E-state index contributed by atoms with van der Waals surface area (Å²) in [6.45, 7) is 4.75. The Balaban J connectivity index is 2.56. The highest BCUT2D eigenvalue weighted by atomic mass is 16.1. The zero-order chi connectivity index (χ0) is 10.6. The van der Waals surface area contributed by atoms with Crippen molar-refractivity contribution in [3.05, 3.63) is 18.0 Å². The lowest BCUT2D eigenvalue weighted by molar-refractivity contribution is -0.119. The molecule has 4 heteroatoms. The van der Waals surface area contributed by atoms with Crippen LogP contribution in [0.1, 0.15) is 25.8 Å². The van der Waals surface area contributed by atoms with E-state index in [0.717, 1.165) is 12.1 Å². The number of hydrogen-bond donors (Lipinski definition) is 1. The second-order valence-electron chi connectivity index (χ2n) is 3.36. The lowest BCUT2D eigenvalue weighted by Gasteiger charge is -2.05. The minimum atomic E-state index is -0.333. The number of aryl methyl sites for hydroxylation is 1. The van der Waals surface area contributed by atoms with E-state index in [1.54, 1.807) is 10.9 Å². The maximum atomic E-state index is 11.5. The van der Waals surface area contributed by atoms with Gasteiger partial charge in [-0.05, 0) is 18.9 Å². The van der Waals surface area contributed by atoms with E-state index in [1.807, 2.05) is 20.0 Å². The number of rotatable bonds is 5. The van der Waals surface area contributed by atoms with Gasteiger partial charge in [0.15, 0.2) is 5.78 Å². The number of hydrogen-bond acceptors (Lipinski definition) is 3. The number of Topliss-reactive ketones (excluding diaryl/α,β-unsaturated/α-hetero) is 1. The van der Waals surface area contributed by atoms with Crippen LogP contribution in [0.25, 0.3) is 0 Å². The molecule has 0 aliphatic rings. The molecule has 0 saturated carbocycles. The standard InChI is InChI=1S/C10H17N3O/c1-3-9(11)10(14)5-8-6-12-13(4-2)7-8/h6-7,9H,3-5,11H2,1-2H3. The smallest absolute Gasteiger partial charge is 0.153 e. The predicted octanol–water partition coefficient (Wildman–Crippen LogP) is 0.752. The molecular formula is C10H17N3O. The van der Waals surface area contributed by atoms with Crippen LogP contribution >= 0.6 is 0 Å². The van der Waals surface area contributed by atoms with Crippen molar-refractivity contribution in [1.82, 2.24) is 9.78 Å². The second kappa shape index (κ2) is 4.91. The van der Waals surface area contributed by atoms with Crippen molar-refractivity contribution in [1.29, 1.82) is 0 Å². The zero-order valence-electron chi connectivity index (χ0n) is 8.73. The molecule has 0 spiro atoms. The molecule has 1 heterocycles. The summed E-state index contributed by atoms with van der Waals surface area (Å²) >= 11 is 0. The van der Waals surface area contributed by atoms with E-state index in [9.17, 15) is 4.79 Å². The molecule has 4 nitrogen and oxygen atoms in total. The molecule has 0 aromatic carbocycles. The first-order chi connectivity index (χ1) is 6.67. The average Bonchev–Trinajstić information content (AvgIpc) is 2.64. The van der Waals surface area contributed by atoms with Gasteiger partial charge in [-0.2, -0.15) is 5.10 Å². The van der Waals surface area contributed by atoms with Gasteiger partial charge in [0.2, 0.25) is 0 Å². The van der Waals surface area contributed by atoms with Crippen molar-refractivity contribution in [3.8, 4) is 0 Å². The first kappa shape index (κ1) is 10.9. The maximum absolute atomic E-state index is 11.5. The Kier molecular flexibility index (Phi) is 3.83. The van der Waals surface area contributed by atoms with Gasteiger partial charge in [0.25, 0.3) is 0 Å². The molecule has 0 amide bonds. The molecule has 0 radical (unpaired) electrons. The largest absolute Gasteiger partial charge is 0.322 e. The van der Waals surface area contributed by atoms with Crippen LogP contribution in [0.15, 0.2) is 12.4 Å². The number of carbonyl (C=O) groups is 1. The summed E-state index contributed by atoms with van der Waals surface area (Å²) in [5, 5.41) is 4.10. The third-order valence-electron chi connectivity index (χ3n) is 2.24. The molecule has 78 valence electrons. The summed E-state index contributed by atoms with van der Waals surface area (Å²) in [7, 11) is 0. The SMILES string of the molecule is CCC(N)C(=O)Cc1cnn(CC)c1. The topological polar surface area (TPSA) is 60.9 Å². The highest BCUT2D eigenvalue weighted by Crippen LogP contribution is 2.02. The minimum absolute atomic E-state index is 0.0863. The Bertz CT molecular complexity index is 306. The van der Waals surface area contributed by atoms with Gasteiger partial charge in [-0.1, -0.05) is 6.92 Å². The molecule has 0 fully saturated rings. The Morgan fingerprint density at radius 1 is 1.64 bits per heavy atom. The van der Waals surface area contributed by atoms with E-state index >= 15 is 0 Å². The van der Waals surface area contributed by atoms with E-state index in [-0.39, 0.29) is 11.8 Å². The molecule has 1 unspecified atom stereocenters. The fourth-order valence-corrected chi connectivity index (χ4v) is 1.23. The van der Waals surface area contributed by atoms with Crippen LogP contribution in [0.4, 0.5) is 0 Å². The average molecular weight is 195 g/mol. The molecule has 14 heavy (non-hydrogen) atoms. The fourth-order valence-electron chi connectivity index (χ4n) is 1.23. The number of ketones is 1. The van der Waals surface area contributed by atoms with Crippen LogP contribution in [0.5, 0.6) is 0 Å². The van der Waals surface area contributed by atoms with Crippen LogP contribution < -0.4 is 5.73 Å². The monoisotopic (exact) mass is 195 g/mol. The van der Waals surface area contributed by atoms with Gasteiger partial charge in [0.1, 0.15) is 0 Å². The Hall–Kier alpha value is -1.16. The van der Waals surface area contributed by atoms with Crippen molar-refractivity contribution in [2.75, 3.05) is 0 Å². The van der Waals surface area contributed by atoms with Crippen molar-refractivity contribution in [3.63, 3.8) is 0 Å². The molecule has 2 N–H and O–H groups in total. The van der Waals surface area contributed by atoms with Gasteiger partial charge in [0, 0.05) is 19.2 Å². The van der Waals surface area contributed by atoms with E-state index in [2.05, 4.69) is 5.10 Å². The first-order valence-electron chi connectivity index (χ1n) is 4.97. The van der Waals surface area contributed by atoms with Gasteiger partial charge in [-0.25, -0.2) is 0 Å². The van der Waals surface area contributed by atoms with Gasteiger partial charge >= 0.3 is 0 Å². The maximum Gasteiger partial charge on any atom is 0.153 e. The minimum Gasteiger partial charge on any atom is -0.322 e. The Labute approximate surface area is 84.1 Å². The lowest BCUT2D eigenvalue weighted by Crippen LogP contribution is -2.30. The quantitative estimate of drug-likeness (QED) is 0.754. The Morgan fingerprint density at radius 2 is 2.36 bits per heavy atom. The molecule has 0 saturated heterocycles. The third-order valence-corrected chi connectivity index (χ3v) is 2.24. The highest BCUT2D eigenvalue weighted by molar-refractivity contribution is 5.85. The molecule has 1 atom stereocenters. The second-order valence-corrected chi connectivity index (χ2v) is 3.36. The molecule has 0 bridgehead atoms. The van der Waals surface area contributed by atoms with Gasteiger partial charge in [0.05, 0.1) is 12.2 Å². The summed E-state index contributed by atoms with van der Waals surface area (Å²) in [5.74, 6) is 0.0863. The van der Waals surface area contributed by atoms with Crippen LogP contribution in [0, 0.1) is 0 Å². The summed E-state index contributed by atoms with van der Waals surface area (Å²) in [6.07, 6.45) is 4.71. The van der Waals surface area contributed by atoms with Gasteiger partial charge in [-0.3, -0.25) is 9.48 Å². The van der Waals surface area contributed by atoms with Crippen molar-refractivity contribution in [2.45, 2.75) is 39.3 Å². The summed E-state index contributed by atoms with van der Waals surface area (Å²) in [4.78, 5) is 11.5. The Morgan fingerprint density at radius 3 is 2.86 bits per heavy atom. The van der Waals surface area contributed by atoms with Gasteiger partial charge in [-0.15, -0.1) is 0 Å². The van der Waals surface area contributed by atoms with Crippen LogP contribution in [-0.4, -0.2) is 21.6 Å². The van der Waals surface area contributed by atoms with Crippen molar-refractivity contribution < 1.29 is 4.79 Å². The molecule has 0 aliphatic carbocycles. The molecule has 1 rings (SSSR count). The number of carbonyl (C=O) groups excluding carboxylic acids is 1. The predicted molar refractivity (Wildman–Crippen MR) is 54.9 cm³/mol. The summed E-state index contributed by atoms with van der Waals surface area (Å²) in [6, 6.07) is -0.333. The van der Waals surface area contributed by atoms with Gasteiger partial charge < -0.3 is 5.73 Å². The van der Waals surface area contributed by atoms with E-state index in [0.29, 0.717) is 12.8 Å². The summed E-state index contributed by atoms with van der Waals surface area (Å²) in [5.41, 5.74) is 6.57. The van der Waals surface area contributed by atoms with Crippen LogP contribution in [0.2, 0.25) is 0 Å². The normalized spacial score (nSPS) is 12.8. The number of nitrogens with two attached hydrogens (primary N) is 1. The summed E-state index contributed by atoms with van der Waals surface area (Å²) < 4.78 is 1.81. The van der Waals surface area contributed by atoms with Crippen molar-refractivity contribution >= 4 is 5.78 Å². The van der Waals surface area contributed by atoms with E-state index in [4.69, 9.17) is 5.73 Å². The fraction of sp³-hybridized carbons (Fsp3) is 0.600. The third kappa shape index (κ3) is 2.67.